The average Bonchev–Trinajstić information content (AvgIpc) is 3.52. The lowest BCUT2D eigenvalue weighted by atomic mass is 9.86. The van der Waals surface area contributed by atoms with Gasteiger partial charge in [0, 0.05) is 39.3 Å². The van der Waals surface area contributed by atoms with Crippen LogP contribution in [0.3, 0.4) is 0 Å². The normalized spacial score (nSPS) is 15.6. The zero-order chi connectivity index (χ0) is 58.9. The van der Waals surface area contributed by atoms with Crippen LogP contribution < -0.4 is 70.4 Å². The zero-order valence-electron chi connectivity index (χ0n) is 51.1. The number of fused-ring (bicyclic) bond motifs is 7. The Labute approximate surface area is 493 Å². The van der Waals surface area contributed by atoms with Gasteiger partial charge in [-0.1, -0.05) is 63.2 Å². The van der Waals surface area contributed by atoms with E-state index in [9.17, 15) is 0 Å². The first-order valence-corrected chi connectivity index (χ1v) is 29.4. The summed E-state index contributed by atoms with van der Waals surface area (Å²) >= 11 is 0. The SMILES string of the molecule is CC(C)(C)c1ccc2c(c1)NCCO2.Cc1cc(C)c2c(c1)NCCO2.Cc1cc2c(cc1C)OCCN2.Cc1ccc2c(c1)NCCO2.Cc1ccc2c(c1)OC(C)CN2.Cc1ccc2c(c1)OCCN2.Cc1cccc2c1OCCN2. The second-order valence-corrected chi connectivity index (χ2v) is 22.8. The van der Waals surface area contributed by atoms with E-state index in [0.717, 1.165) is 166 Å². The molecule has 0 radical (unpaired) electrons. The minimum Gasteiger partial charge on any atom is -0.490 e. The molecule has 14 heteroatoms. The van der Waals surface area contributed by atoms with Gasteiger partial charge in [-0.15, -0.1) is 0 Å². The molecule has 14 rings (SSSR count). The quantitative estimate of drug-likeness (QED) is 0.0772. The van der Waals surface area contributed by atoms with E-state index >= 15 is 0 Å². The average molecular weight is 1130 g/mol. The van der Waals surface area contributed by atoms with E-state index in [1.165, 1.54) is 50.1 Å². The van der Waals surface area contributed by atoms with Crippen molar-refractivity contribution < 1.29 is 33.2 Å². The predicted octanol–water partition coefficient (Wildman–Crippen LogP) is 14.6. The molecule has 0 spiro atoms. The molecule has 0 fully saturated rings. The van der Waals surface area contributed by atoms with Crippen molar-refractivity contribution in [3.8, 4) is 40.2 Å². The summed E-state index contributed by atoms with van der Waals surface area (Å²) in [5.74, 6) is 6.94. The van der Waals surface area contributed by atoms with E-state index in [4.69, 9.17) is 33.2 Å². The lowest BCUT2D eigenvalue weighted by Gasteiger charge is -2.24. The Morgan fingerprint density at radius 3 is 1.40 bits per heavy atom. The molecule has 83 heavy (non-hydrogen) atoms. The van der Waals surface area contributed by atoms with Gasteiger partial charge >= 0.3 is 0 Å². The van der Waals surface area contributed by atoms with Gasteiger partial charge in [0.2, 0.25) is 0 Å². The Morgan fingerprint density at radius 1 is 0.337 bits per heavy atom. The maximum atomic E-state index is 5.65. The fourth-order valence-corrected chi connectivity index (χ4v) is 9.82. The number of benzene rings is 7. The molecule has 0 saturated heterocycles. The third-order valence-electron chi connectivity index (χ3n) is 14.4. The van der Waals surface area contributed by atoms with Crippen molar-refractivity contribution in [3.05, 3.63) is 165 Å². The molecule has 0 aromatic heterocycles. The highest BCUT2D eigenvalue weighted by Gasteiger charge is 2.19. The van der Waals surface area contributed by atoms with E-state index in [1.807, 2.05) is 18.2 Å². The number of hydrogen-bond acceptors (Lipinski definition) is 14. The van der Waals surface area contributed by atoms with E-state index in [2.05, 4.69) is 217 Å². The molecule has 1 atom stereocenters. The summed E-state index contributed by atoms with van der Waals surface area (Å²) in [6.07, 6.45) is 0.277. The molecule has 7 aliphatic heterocycles. The summed E-state index contributed by atoms with van der Waals surface area (Å²) in [5, 5.41) is 23.1. The molecule has 14 nitrogen and oxygen atoms in total. The van der Waals surface area contributed by atoms with Gasteiger partial charge in [-0.05, 0) is 191 Å². The molecule has 0 amide bonds. The number of anilines is 7. The number of hydrogen-bond donors (Lipinski definition) is 7. The second kappa shape index (κ2) is 29.1. The highest BCUT2D eigenvalue weighted by Crippen LogP contribution is 2.36. The fourth-order valence-electron chi connectivity index (χ4n) is 9.82. The first kappa shape index (κ1) is 60.8. The standard InChI is InChI=1S/C12H17NO.3C10H13NO.3C9H11NO/c1-12(2,3)9-4-5-11-10(8-9)13-6-7-14-11;1-7-5-9-10(6-8(7)2)12-4-3-11-9;1-7-5-8(2)10-9(6-7)11-3-4-12-10;1-7-3-4-9-10(5-7)12-8(2)6-11-9;1-7-2-3-9-8(6-7)10-4-5-11-9;1-7-2-3-8-9(6-7)11-5-4-10-8;1-7-3-2-4-8-9(7)11-6-5-10-8/h4-5,8,13H,6-7H2,1-3H3;2*5-6,11H,3-4H2,1-2H3;3-5,8,11H,6H2,1-2H3;2*2-3,6,10H,4-5H2,1H3;2-4,10H,5-6H2,1H3. The van der Waals surface area contributed by atoms with Crippen LogP contribution in [0.4, 0.5) is 39.8 Å². The second-order valence-electron chi connectivity index (χ2n) is 22.8. The summed E-state index contributed by atoms with van der Waals surface area (Å²) in [6.45, 7) is 36.4. The van der Waals surface area contributed by atoms with Gasteiger partial charge in [0.05, 0.1) is 46.4 Å². The van der Waals surface area contributed by atoms with Crippen molar-refractivity contribution in [3.63, 3.8) is 0 Å². The monoisotopic (exact) mass is 1130 g/mol. The zero-order valence-corrected chi connectivity index (χ0v) is 51.1. The number of rotatable bonds is 0. The van der Waals surface area contributed by atoms with E-state index < -0.39 is 0 Å². The molecule has 1 unspecified atom stereocenters. The number of aryl methyl sites for hydroxylation is 8. The summed E-state index contributed by atoms with van der Waals surface area (Å²) in [4.78, 5) is 0. The van der Waals surface area contributed by atoms with E-state index in [1.54, 1.807) is 0 Å². The lowest BCUT2D eigenvalue weighted by molar-refractivity contribution is 0.226. The van der Waals surface area contributed by atoms with E-state index in [-0.39, 0.29) is 11.5 Å². The van der Waals surface area contributed by atoms with Crippen LogP contribution in [0.5, 0.6) is 40.2 Å². The van der Waals surface area contributed by atoms with Crippen molar-refractivity contribution in [2.24, 2.45) is 0 Å². The Morgan fingerprint density at radius 2 is 0.783 bits per heavy atom. The minimum atomic E-state index is 0.203. The topological polar surface area (TPSA) is 149 Å². The Bertz CT molecular complexity index is 3180. The minimum absolute atomic E-state index is 0.203. The Balaban J connectivity index is 0.000000127. The van der Waals surface area contributed by atoms with Crippen LogP contribution in [0.15, 0.2) is 115 Å². The molecule has 0 saturated carbocycles. The third-order valence-corrected chi connectivity index (χ3v) is 14.4. The summed E-state index contributed by atoms with van der Waals surface area (Å²) in [7, 11) is 0. The van der Waals surface area contributed by atoms with Crippen LogP contribution >= 0.6 is 0 Å². The molecule has 7 heterocycles. The van der Waals surface area contributed by atoms with Crippen molar-refractivity contribution in [1.82, 2.24) is 0 Å². The molecule has 7 aromatic carbocycles. The Kier molecular flexibility index (Phi) is 21.3. The van der Waals surface area contributed by atoms with Gasteiger partial charge in [0.1, 0.15) is 86.0 Å². The Hall–Kier alpha value is -8.26. The van der Waals surface area contributed by atoms with Crippen LogP contribution in [-0.2, 0) is 5.41 Å². The molecule has 7 aliphatic rings. The number of para-hydroxylation sites is 1. The molecule has 7 N–H and O–H groups in total. The predicted molar refractivity (Wildman–Crippen MR) is 344 cm³/mol. The van der Waals surface area contributed by atoms with Gasteiger partial charge in [-0.25, -0.2) is 0 Å². The van der Waals surface area contributed by atoms with Crippen molar-refractivity contribution in [1.29, 1.82) is 0 Å². The molecular formula is C69H89N7O7. The van der Waals surface area contributed by atoms with Crippen LogP contribution in [-0.4, -0.2) is 91.6 Å². The molecule has 442 valence electrons. The van der Waals surface area contributed by atoms with Gasteiger partial charge in [0.25, 0.3) is 0 Å². The largest absolute Gasteiger partial charge is 0.490 e. The van der Waals surface area contributed by atoms with Gasteiger partial charge in [-0.2, -0.15) is 0 Å². The molecule has 7 aromatic rings. The third kappa shape index (κ3) is 17.6. The lowest BCUT2D eigenvalue weighted by Crippen LogP contribution is -2.27. The van der Waals surface area contributed by atoms with Gasteiger partial charge in [-0.3, -0.25) is 0 Å². The maximum absolute atomic E-state index is 5.65. The van der Waals surface area contributed by atoms with Crippen LogP contribution in [0, 0.1) is 55.4 Å². The highest BCUT2D eigenvalue weighted by molar-refractivity contribution is 5.65. The first-order chi connectivity index (χ1) is 40.0. The molecule has 0 aliphatic carbocycles. The van der Waals surface area contributed by atoms with Gasteiger partial charge < -0.3 is 70.4 Å². The smallest absolute Gasteiger partial charge is 0.145 e. The molecule has 0 bridgehead atoms. The van der Waals surface area contributed by atoms with Crippen molar-refractivity contribution >= 4 is 39.8 Å². The van der Waals surface area contributed by atoms with Crippen molar-refractivity contribution in [2.45, 2.75) is 94.6 Å². The highest BCUT2D eigenvalue weighted by atomic mass is 16.5. The number of nitrogens with one attached hydrogen (secondary N) is 7. The molecular weight excluding hydrogens is 1040 g/mol. The van der Waals surface area contributed by atoms with E-state index in [0.29, 0.717) is 0 Å². The van der Waals surface area contributed by atoms with Gasteiger partial charge in [0.15, 0.2) is 0 Å². The fraction of sp³-hybridized carbons (Fsp3) is 0.391. The summed E-state index contributed by atoms with van der Waals surface area (Å²) in [6, 6.07) is 39.6. The first-order valence-electron chi connectivity index (χ1n) is 29.4. The van der Waals surface area contributed by atoms with Crippen LogP contribution in [0.25, 0.3) is 0 Å². The maximum Gasteiger partial charge on any atom is 0.145 e. The number of ether oxygens (including phenoxy) is 7. The summed E-state index contributed by atoms with van der Waals surface area (Å²) in [5.41, 5.74) is 19.5. The van der Waals surface area contributed by atoms with Crippen molar-refractivity contribution in [2.75, 3.05) is 123 Å². The van der Waals surface area contributed by atoms with Crippen LogP contribution in [0.2, 0.25) is 0 Å². The van der Waals surface area contributed by atoms with Crippen LogP contribution in [0.1, 0.15) is 77.8 Å². The summed E-state index contributed by atoms with van der Waals surface area (Å²) < 4.78 is 38.6.